The zero-order valence-electron chi connectivity index (χ0n) is 11.4. The van der Waals surface area contributed by atoms with Gasteiger partial charge in [-0.1, -0.05) is 0 Å². The Kier molecular flexibility index (Phi) is 5.10. The summed E-state index contributed by atoms with van der Waals surface area (Å²) in [5.74, 6) is -0.421. The maximum absolute atomic E-state index is 11.8. The van der Waals surface area contributed by atoms with Gasteiger partial charge in [0.05, 0.1) is 18.7 Å². The third-order valence-corrected chi connectivity index (χ3v) is 2.57. The molecule has 0 aliphatic rings. The fraction of sp³-hybridized carbons (Fsp3) is 0.308. The number of nitrogens with zero attached hydrogens (tertiary/aromatic N) is 3. The van der Waals surface area contributed by atoms with E-state index in [-0.39, 0.29) is 13.0 Å². The summed E-state index contributed by atoms with van der Waals surface area (Å²) in [5.41, 5.74) is 1.30. The van der Waals surface area contributed by atoms with Crippen molar-refractivity contribution in [3.8, 4) is 5.69 Å². The van der Waals surface area contributed by atoms with E-state index in [9.17, 15) is 18.0 Å². The molecule has 6 nitrogen and oxygen atoms in total. The summed E-state index contributed by atoms with van der Waals surface area (Å²) in [6, 6.07) is 6.77. The smallest absolute Gasteiger partial charge is 0.372 e. The van der Waals surface area contributed by atoms with Crippen LogP contribution in [0.5, 0.6) is 0 Å². The molecule has 1 heterocycles. The largest absolute Gasteiger partial charge is 0.411 e. The second-order valence-corrected chi connectivity index (χ2v) is 4.35. The van der Waals surface area contributed by atoms with Crippen LogP contribution < -0.4 is 5.32 Å². The summed E-state index contributed by atoms with van der Waals surface area (Å²) in [5, 5.41) is 6.52. The minimum Gasteiger partial charge on any atom is -0.372 e. The number of amides is 1. The molecule has 0 aliphatic carbocycles. The molecule has 2 rings (SSSR count). The number of anilines is 1. The number of aromatic nitrogens is 3. The van der Waals surface area contributed by atoms with E-state index in [1.165, 1.54) is 12.7 Å². The van der Waals surface area contributed by atoms with Crippen molar-refractivity contribution in [2.24, 2.45) is 0 Å². The summed E-state index contributed by atoms with van der Waals surface area (Å²) >= 11 is 0. The van der Waals surface area contributed by atoms with Crippen molar-refractivity contribution in [1.29, 1.82) is 0 Å². The Labute approximate surface area is 123 Å². The van der Waals surface area contributed by atoms with Crippen molar-refractivity contribution in [3.05, 3.63) is 36.9 Å². The number of halogens is 3. The highest BCUT2D eigenvalue weighted by Crippen LogP contribution is 2.15. The Morgan fingerprint density at radius 1 is 1.27 bits per heavy atom. The molecule has 22 heavy (non-hydrogen) atoms. The quantitative estimate of drug-likeness (QED) is 0.830. The van der Waals surface area contributed by atoms with Gasteiger partial charge in [0.2, 0.25) is 5.91 Å². The lowest BCUT2D eigenvalue weighted by Crippen LogP contribution is -2.20. The summed E-state index contributed by atoms with van der Waals surface area (Å²) in [7, 11) is 0. The van der Waals surface area contributed by atoms with E-state index in [1.54, 1.807) is 28.9 Å². The molecular formula is C13H13F3N4O2. The van der Waals surface area contributed by atoms with Gasteiger partial charge in [-0.05, 0) is 24.3 Å². The van der Waals surface area contributed by atoms with Crippen molar-refractivity contribution in [3.63, 3.8) is 0 Å². The minimum absolute atomic E-state index is 0.152. The van der Waals surface area contributed by atoms with Gasteiger partial charge in [0.1, 0.15) is 19.3 Å². The average molecular weight is 314 g/mol. The zero-order chi connectivity index (χ0) is 16.0. The van der Waals surface area contributed by atoms with Crippen molar-refractivity contribution in [1.82, 2.24) is 14.8 Å². The van der Waals surface area contributed by atoms with Gasteiger partial charge in [0.15, 0.2) is 0 Å². The number of carbonyl (C=O) groups is 1. The molecular weight excluding hydrogens is 301 g/mol. The number of nitrogens with one attached hydrogen (secondary N) is 1. The normalized spacial score (nSPS) is 11.4. The second kappa shape index (κ2) is 7.03. The summed E-state index contributed by atoms with van der Waals surface area (Å²) in [6.45, 7) is -1.64. The van der Waals surface area contributed by atoms with Crippen LogP contribution in [-0.2, 0) is 9.53 Å². The summed E-state index contributed by atoms with van der Waals surface area (Å²) in [6.07, 6.45) is -1.60. The molecule has 9 heteroatoms. The molecule has 1 aromatic carbocycles. The Bertz CT molecular complexity index is 597. The van der Waals surface area contributed by atoms with Gasteiger partial charge in [-0.25, -0.2) is 9.67 Å². The standard InChI is InChI=1S/C13H13F3N4O2/c14-13(15,16)7-22-6-5-12(21)19-10-1-3-11(4-2-10)20-9-17-8-18-20/h1-4,8-9H,5-7H2,(H,19,21). The van der Waals surface area contributed by atoms with Crippen molar-refractivity contribution in [2.75, 3.05) is 18.5 Å². The predicted octanol–water partition coefficient (Wildman–Crippen LogP) is 2.17. The van der Waals surface area contributed by atoms with Crippen molar-refractivity contribution >= 4 is 11.6 Å². The second-order valence-electron chi connectivity index (χ2n) is 4.35. The number of alkyl halides is 3. The molecule has 1 amide bonds. The first-order valence-electron chi connectivity index (χ1n) is 6.33. The van der Waals surface area contributed by atoms with Gasteiger partial charge >= 0.3 is 6.18 Å². The first-order valence-corrected chi connectivity index (χ1v) is 6.33. The Morgan fingerprint density at radius 2 is 2.00 bits per heavy atom. The third-order valence-electron chi connectivity index (χ3n) is 2.57. The van der Waals surface area contributed by atoms with E-state index in [2.05, 4.69) is 20.1 Å². The van der Waals surface area contributed by atoms with Crippen LogP contribution in [0.15, 0.2) is 36.9 Å². The molecule has 1 aromatic heterocycles. The number of carbonyl (C=O) groups excluding carboxylic acids is 1. The number of ether oxygens (including phenoxy) is 1. The van der Waals surface area contributed by atoms with Gasteiger partial charge in [-0.2, -0.15) is 18.3 Å². The fourth-order valence-electron chi connectivity index (χ4n) is 1.62. The van der Waals surface area contributed by atoms with E-state index in [1.807, 2.05) is 0 Å². The summed E-state index contributed by atoms with van der Waals surface area (Å²) in [4.78, 5) is 15.4. The van der Waals surface area contributed by atoms with Crippen LogP contribution >= 0.6 is 0 Å². The molecule has 0 bridgehead atoms. The highest BCUT2D eigenvalue weighted by atomic mass is 19.4. The van der Waals surface area contributed by atoms with Crippen LogP contribution in [0.3, 0.4) is 0 Å². The van der Waals surface area contributed by atoms with Gasteiger partial charge in [-0.3, -0.25) is 4.79 Å². The molecule has 0 unspecified atom stereocenters. The molecule has 0 fully saturated rings. The van der Waals surface area contributed by atoms with Crippen molar-refractivity contribution < 1.29 is 22.7 Å². The van der Waals surface area contributed by atoms with E-state index in [0.29, 0.717) is 5.69 Å². The lowest BCUT2D eigenvalue weighted by atomic mass is 10.2. The van der Waals surface area contributed by atoms with E-state index >= 15 is 0 Å². The SMILES string of the molecule is O=C(CCOCC(F)(F)F)Nc1ccc(-n2cncn2)cc1. The Morgan fingerprint density at radius 3 is 2.59 bits per heavy atom. The minimum atomic E-state index is -4.38. The highest BCUT2D eigenvalue weighted by Gasteiger charge is 2.27. The molecule has 0 spiro atoms. The molecule has 0 saturated heterocycles. The van der Waals surface area contributed by atoms with Gasteiger partial charge < -0.3 is 10.1 Å². The number of rotatable bonds is 6. The lowest BCUT2D eigenvalue weighted by Gasteiger charge is -2.08. The predicted molar refractivity (Wildman–Crippen MR) is 71.5 cm³/mol. The lowest BCUT2D eigenvalue weighted by molar-refractivity contribution is -0.174. The number of benzene rings is 1. The Balaban J connectivity index is 1.77. The van der Waals surface area contributed by atoms with Crippen LogP contribution in [0, 0.1) is 0 Å². The first kappa shape index (κ1) is 16.0. The molecule has 0 aliphatic heterocycles. The molecule has 0 saturated carbocycles. The summed E-state index contributed by atoms with van der Waals surface area (Å²) < 4.78 is 41.5. The van der Waals surface area contributed by atoms with Crippen LogP contribution in [0.1, 0.15) is 6.42 Å². The van der Waals surface area contributed by atoms with Crippen LogP contribution in [0.2, 0.25) is 0 Å². The van der Waals surface area contributed by atoms with Gasteiger partial charge in [0, 0.05) is 5.69 Å². The molecule has 1 N–H and O–H groups in total. The highest BCUT2D eigenvalue weighted by molar-refractivity contribution is 5.90. The maximum atomic E-state index is 11.8. The fourth-order valence-corrected chi connectivity index (χ4v) is 1.62. The topological polar surface area (TPSA) is 69.0 Å². The number of hydrogen-bond donors (Lipinski definition) is 1. The van der Waals surface area contributed by atoms with Crippen molar-refractivity contribution in [2.45, 2.75) is 12.6 Å². The molecule has 2 aromatic rings. The third kappa shape index (κ3) is 5.17. The van der Waals surface area contributed by atoms with E-state index in [0.717, 1.165) is 5.69 Å². The maximum Gasteiger partial charge on any atom is 0.411 e. The first-order chi connectivity index (χ1) is 10.4. The Hall–Kier alpha value is -2.42. The van der Waals surface area contributed by atoms with Gasteiger partial charge in [-0.15, -0.1) is 0 Å². The molecule has 0 radical (unpaired) electrons. The molecule has 0 atom stereocenters. The van der Waals surface area contributed by atoms with E-state index in [4.69, 9.17) is 0 Å². The average Bonchev–Trinajstić information content (AvgIpc) is 2.98. The number of hydrogen-bond acceptors (Lipinski definition) is 4. The monoisotopic (exact) mass is 314 g/mol. The van der Waals surface area contributed by atoms with Crippen LogP contribution in [0.4, 0.5) is 18.9 Å². The van der Waals surface area contributed by atoms with Crippen LogP contribution in [-0.4, -0.2) is 40.1 Å². The van der Waals surface area contributed by atoms with E-state index < -0.39 is 18.7 Å². The zero-order valence-corrected chi connectivity index (χ0v) is 11.4. The van der Waals surface area contributed by atoms with Gasteiger partial charge in [0.25, 0.3) is 0 Å². The van der Waals surface area contributed by atoms with Crippen LogP contribution in [0.25, 0.3) is 5.69 Å². The molecule has 118 valence electrons.